The molecule has 1 aliphatic heterocycles. The van der Waals surface area contributed by atoms with Crippen LogP contribution in [0.15, 0.2) is 48.5 Å². The van der Waals surface area contributed by atoms with Gasteiger partial charge in [-0.25, -0.2) is 0 Å². The molecule has 2 aromatic carbocycles. The minimum atomic E-state index is 0.555. The lowest BCUT2D eigenvalue weighted by Crippen LogP contribution is -2.22. The van der Waals surface area contributed by atoms with E-state index in [0.717, 1.165) is 38.3 Å². The summed E-state index contributed by atoms with van der Waals surface area (Å²) >= 11 is 0. The molecule has 21 heavy (non-hydrogen) atoms. The Balaban J connectivity index is 1.44. The molecular formula is C19H23NO. The SMILES string of the molecule is CC(CNCCc1ccc2c(c1)CCO2)c1ccccc1. The van der Waals surface area contributed by atoms with E-state index < -0.39 is 0 Å². The molecule has 0 saturated heterocycles. The third-order valence-electron chi connectivity index (χ3n) is 4.16. The predicted molar refractivity (Wildman–Crippen MR) is 87.1 cm³/mol. The average Bonchev–Trinajstić information content (AvgIpc) is 3.00. The highest BCUT2D eigenvalue weighted by atomic mass is 16.5. The van der Waals surface area contributed by atoms with E-state index in [1.165, 1.54) is 16.7 Å². The van der Waals surface area contributed by atoms with Crippen molar-refractivity contribution in [3.8, 4) is 5.75 Å². The second kappa shape index (κ2) is 6.77. The third-order valence-corrected chi connectivity index (χ3v) is 4.16. The number of ether oxygens (including phenoxy) is 1. The van der Waals surface area contributed by atoms with E-state index in [2.05, 4.69) is 60.8 Å². The fourth-order valence-electron chi connectivity index (χ4n) is 2.85. The topological polar surface area (TPSA) is 21.3 Å². The van der Waals surface area contributed by atoms with Crippen LogP contribution in [-0.2, 0) is 12.8 Å². The average molecular weight is 281 g/mol. The van der Waals surface area contributed by atoms with Crippen molar-refractivity contribution in [2.75, 3.05) is 19.7 Å². The monoisotopic (exact) mass is 281 g/mol. The van der Waals surface area contributed by atoms with Crippen LogP contribution in [0.1, 0.15) is 29.5 Å². The second-order valence-electron chi connectivity index (χ2n) is 5.81. The maximum absolute atomic E-state index is 5.54. The maximum Gasteiger partial charge on any atom is 0.122 e. The van der Waals surface area contributed by atoms with Crippen molar-refractivity contribution in [2.45, 2.75) is 25.7 Å². The quantitative estimate of drug-likeness (QED) is 0.818. The number of benzene rings is 2. The first-order valence-electron chi connectivity index (χ1n) is 7.83. The van der Waals surface area contributed by atoms with Gasteiger partial charge in [0, 0.05) is 13.0 Å². The maximum atomic E-state index is 5.54. The normalized spacial score (nSPS) is 14.5. The molecule has 1 unspecified atom stereocenters. The van der Waals surface area contributed by atoms with Gasteiger partial charge in [0.1, 0.15) is 5.75 Å². The molecule has 0 fully saturated rings. The first-order chi connectivity index (χ1) is 10.3. The van der Waals surface area contributed by atoms with Crippen molar-refractivity contribution >= 4 is 0 Å². The van der Waals surface area contributed by atoms with Crippen molar-refractivity contribution in [3.63, 3.8) is 0 Å². The lowest BCUT2D eigenvalue weighted by molar-refractivity contribution is 0.357. The van der Waals surface area contributed by atoms with E-state index in [-0.39, 0.29) is 0 Å². The lowest BCUT2D eigenvalue weighted by Gasteiger charge is -2.13. The highest BCUT2D eigenvalue weighted by Gasteiger charge is 2.11. The van der Waals surface area contributed by atoms with Crippen LogP contribution in [0, 0.1) is 0 Å². The Bertz CT molecular complexity index is 579. The Morgan fingerprint density at radius 2 is 2.00 bits per heavy atom. The van der Waals surface area contributed by atoms with Crippen LogP contribution >= 0.6 is 0 Å². The Hall–Kier alpha value is -1.80. The molecule has 0 spiro atoms. The van der Waals surface area contributed by atoms with E-state index in [9.17, 15) is 0 Å². The van der Waals surface area contributed by atoms with Crippen LogP contribution < -0.4 is 10.1 Å². The number of rotatable bonds is 6. The molecule has 1 aliphatic rings. The molecule has 0 saturated carbocycles. The fraction of sp³-hybridized carbons (Fsp3) is 0.368. The van der Waals surface area contributed by atoms with Gasteiger partial charge in [-0.15, -0.1) is 0 Å². The summed E-state index contributed by atoms with van der Waals surface area (Å²) in [6.45, 7) is 5.16. The first-order valence-corrected chi connectivity index (χ1v) is 7.83. The second-order valence-corrected chi connectivity index (χ2v) is 5.81. The zero-order valence-electron chi connectivity index (χ0n) is 12.6. The van der Waals surface area contributed by atoms with Gasteiger partial charge < -0.3 is 10.1 Å². The summed E-state index contributed by atoms with van der Waals surface area (Å²) in [6.07, 6.45) is 2.14. The van der Waals surface area contributed by atoms with Crippen molar-refractivity contribution in [3.05, 3.63) is 65.2 Å². The summed E-state index contributed by atoms with van der Waals surface area (Å²) in [4.78, 5) is 0. The molecule has 3 rings (SSSR count). The molecule has 110 valence electrons. The number of nitrogens with one attached hydrogen (secondary N) is 1. The minimum Gasteiger partial charge on any atom is -0.493 e. The Morgan fingerprint density at radius 3 is 2.86 bits per heavy atom. The molecule has 2 aromatic rings. The van der Waals surface area contributed by atoms with Crippen LogP contribution in [0.4, 0.5) is 0 Å². The van der Waals surface area contributed by atoms with Gasteiger partial charge in [0.2, 0.25) is 0 Å². The first kappa shape index (κ1) is 14.2. The Labute approximate surface area is 127 Å². The standard InChI is InChI=1S/C19H23NO/c1-15(17-5-3-2-4-6-17)14-20-11-9-16-7-8-19-18(13-16)10-12-21-19/h2-8,13,15,20H,9-12,14H2,1H3. The summed E-state index contributed by atoms with van der Waals surface area (Å²) in [5, 5.41) is 3.57. The summed E-state index contributed by atoms with van der Waals surface area (Å²) in [6, 6.07) is 17.3. The van der Waals surface area contributed by atoms with Gasteiger partial charge >= 0.3 is 0 Å². The molecule has 0 aliphatic carbocycles. The third kappa shape index (κ3) is 3.64. The van der Waals surface area contributed by atoms with Gasteiger partial charge in [-0.05, 0) is 41.6 Å². The summed E-state index contributed by atoms with van der Waals surface area (Å²) in [5.74, 6) is 1.63. The largest absolute Gasteiger partial charge is 0.493 e. The van der Waals surface area contributed by atoms with Crippen LogP contribution in [0.3, 0.4) is 0 Å². The van der Waals surface area contributed by atoms with E-state index >= 15 is 0 Å². The van der Waals surface area contributed by atoms with Crippen LogP contribution in [-0.4, -0.2) is 19.7 Å². The molecule has 1 N–H and O–H groups in total. The molecule has 1 heterocycles. The number of hydrogen-bond donors (Lipinski definition) is 1. The van der Waals surface area contributed by atoms with Crippen LogP contribution in [0.25, 0.3) is 0 Å². The minimum absolute atomic E-state index is 0.555. The van der Waals surface area contributed by atoms with Gasteiger partial charge in [0.25, 0.3) is 0 Å². The molecule has 0 bridgehead atoms. The van der Waals surface area contributed by atoms with E-state index in [4.69, 9.17) is 4.74 Å². The van der Waals surface area contributed by atoms with Gasteiger partial charge in [-0.1, -0.05) is 49.4 Å². The van der Waals surface area contributed by atoms with Crippen LogP contribution in [0.2, 0.25) is 0 Å². The summed E-state index contributed by atoms with van der Waals surface area (Å²) < 4.78 is 5.54. The smallest absolute Gasteiger partial charge is 0.122 e. The number of fused-ring (bicyclic) bond motifs is 1. The number of hydrogen-bond acceptors (Lipinski definition) is 2. The van der Waals surface area contributed by atoms with Gasteiger partial charge in [0.15, 0.2) is 0 Å². The molecule has 0 amide bonds. The Kier molecular flexibility index (Phi) is 4.56. The van der Waals surface area contributed by atoms with Gasteiger partial charge in [-0.3, -0.25) is 0 Å². The van der Waals surface area contributed by atoms with Crippen molar-refractivity contribution in [1.29, 1.82) is 0 Å². The zero-order chi connectivity index (χ0) is 14.5. The van der Waals surface area contributed by atoms with Crippen molar-refractivity contribution in [2.24, 2.45) is 0 Å². The summed E-state index contributed by atoms with van der Waals surface area (Å²) in [7, 11) is 0. The fourth-order valence-corrected chi connectivity index (χ4v) is 2.85. The molecule has 2 heteroatoms. The lowest BCUT2D eigenvalue weighted by atomic mass is 10.0. The summed E-state index contributed by atoms with van der Waals surface area (Å²) in [5.41, 5.74) is 4.17. The zero-order valence-corrected chi connectivity index (χ0v) is 12.6. The molecular weight excluding hydrogens is 258 g/mol. The van der Waals surface area contributed by atoms with Gasteiger partial charge in [-0.2, -0.15) is 0 Å². The molecule has 1 atom stereocenters. The highest BCUT2D eigenvalue weighted by Crippen LogP contribution is 2.25. The molecule has 2 nitrogen and oxygen atoms in total. The van der Waals surface area contributed by atoms with Crippen LogP contribution in [0.5, 0.6) is 5.75 Å². The van der Waals surface area contributed by atoms with E-state index in [0.29, 0.717) is 5.92 Å². The molecule has 0 aromatic heterocycles. The Morgan fingerprint density at radius 1 is 1.14 bits per heavy atom. The predicted octanol–water partition coefficient (Wildman–Crippen LogP) is 3.56. The van der Waals surface area contributed by atoms with E-state index in [1.807, 2.05) is 0 Å². The van der Waals surface area contributed by atoms with Gasteiger partial charge in [0.05, 0.1) is 6.61 Å². The van der Waals surface area contributed by atoms with E-state index in [1.54, 1.807) is 0 Å². The van der Waals surface area contributed by atoms with Crippen molar-refractivity contribution in [1.82, 2.24) is 5.32 Å². The molecule has 0 radical (unpaired) electrons. The highest BCUT2D eigenvalue weighted by molar-refractivity contribution is 5.39. The van der Waals surface area contributed by atoms with Crippen molar-refractivity contribution < 1.29 is 4.74 Å².